The third-order valence-electron chi connectivity index (χ3n) is 4.91. The summed E-state index contributed by atoms with van der Waals surface area (Å²) in [6, 6.07) is 0.578. The molecule has 3 unspecified atom stereocenters. The van der Waals surface area contributed by atoms with Crippen LogP contribution in [0.4, 0.5) is 4.79 Å². The summed E-state index contributed by atoms with van der Waals surface area (Å²) < 4.78 is 0. The van der Waals surface area contributed by atoms with E-state index in [9.17, 15) is 9.59 Å². The molecule has 120 valence electrons. The van der Waals surface area contributed by atoms with Crippen molar-refractivity contribution in [1.82, 2.24) is 15.1 Å². The van der Waals surface area contributed by atoms with Gasteiger partial charge in [0.1, 0.15) is 0 Å². The van der Waals surface area contributed by atoms with Crippen molar-refractivity contribution in [3.8, 4) is 0 Å². The summed E-state index contributed by atoms with van der Waals surface area (Å²) in [6.07, 6.45) is 3.93. The summed E-state index contributed by atoms with van der Waals surface area (Å²) in [4.78, 5) is 27.2. The summed E-state index contributed by atoms with van der Waals surface area (Å²) in [5, 5.41) is 11.7. The molecule has 2 N–H and O–H groups in total. The normalized spacial score (nSPS) is 27.8. The van der Waals surface area contributed by atoms with E-state index >= 15 is 0 Å². The van der Waals surface area contributed by atoms with Crippen LogP contribution in [-0.4, -0.2) is 66.2 Å². The maximum absolute atomic E-state index is 12.2. The number of carbonyl (C=O) groups is 2. The summed E-state index contributed by atoms with van der Waals surface area (Å²) in [6.45, 7) is 4.89. The van der Waals surface area contributed by atoms with E-state index in [1.165, 1.54) is 19.4 Å². The number of nitrogens with one attached hydrogen (secondary N) is 1. The van der Waals surface area contributed by atoms with Gasteiger partial charge in [-0.3, -0.25) is 4.79 Å². The number of urea groups is 1. The van der Waals surface area contributed by atoms with Crippen LogP contribution in [0.3, 0.4) is 0 Å². The van der Waals surface area contributed by atoms with Gasteiger partial charge in [-0.2, -0.15) is 0 Å². The van der Waals surface area contributed by atoms with Crippen molar-refractivity contribution in [1.29, 1.82) is 0 Å². The van der Waals surface area contributed by atoms with Crippen molar-refractivity contribution in [3.05, 3.63) is 0 Å². The van der Waals surface area contributed by atoms with Crippen LogP contribution in [0, 0.1) is 11.8 Å². The van der Waals surface area contributed by atoms with Crippen molar-refractivity contribution >= 4 is 12.0 Å². The lowest BCUT2D eigenvalue weighted by Crippen LogP contribution is -2.55. The fraction of sp³-hybridized carbons (Fsp3) is 0.867. The highest BCUT2D eigenvalue weighted by Gasteiger charge is 2.35. The second kappa shape index (κ2) is 7.11. The number of carbonyl (C=O) groups excluding carboxylic acids is 1. The molecule has 0 saturated carbocycles. The third kappa shape index (κ3) is 4.09. The van der Waals surface area contributed by atoms with E-state index in [2.05, 4.69) is 17.3 Å². The number of carboxylic acid groups (broad SMARTS) is 1. The lowest BCUT2D eigenvalue weighted by molar-refractivity contribution is -0.141. The van der Waals surface area contributed by atoms with Gasteiger partial charge in [0.2, 0.25) is 0 Å². The quantitative estimate of drug-likeness (QED) is 0.818. The van der Waals surface area contributed by atoms with Crippen molar-refractivity contribution in [3.63, 3.8) is 0 Å². The monoisotopic (exact) mass is 297 g/mol. The largest absolute Gasteiger partial charge is 0.481 e. The number of nitrogens with zero attached hydrogens (tertiary/aromatic N) is 2. The summed E-state index contributed by atoms with van der Waals surface area (Å²) in [5.74, 6) is -0.639. The molecule has 0 radical (unpaired) electrons. The van der Waals surface area contributed by atoms with Crippen LogP contribution >= 0.6 is 0 Å². The highest BCUT2D eigenvalue weighted by molar-refractivity contribution is 5.74. The number of amides is 2. The average molecular weight is 297 g/mol. The van der Waals surface area contributed by atoms with Gasteiger partial charge in [0, 0.05) is 25.7 Å². The Balaban J connectivity index is 1.75. The van der Waals surface area contributed by atoms with Crippen molar-refractivity contribution < 1.29 is 14.7 Å². The van der Waals surface area contributed by atoms with Crippen molar-refractivity contribution in [2.24, 2.45) is 11.8 Å². The van der Waals surface area contributed by atoms with Crippen LogP contribution < -0.4 is 5.32 Å². The fourth-order valence-electron chi connectivity index (χ4n) is 3.47. The molecule has 21 heavy (non-hydrogen) atoms. The van der Waals surface area contributed by atoms with Gasteiger partial charge >= 0.3 is 12.0 Å². The molecule has 0 aliphatic carbocycles. The van der Waals surface area contributed by atoms with Gasteiger partial charge in [-0.15, -0.1) is 0 Å². The maximum Gasteiger partial charge on any atom is 0.317 e. The highest BCUT2D eigenvalue weighted by Crippen LogP contribution is 2.29. The molecule has 3 atom stereocenters. The lowest BCUT2D eigenvalue weighted by Gasteiger charge is -2.45. The predicted octanol–water partition coefficient (Wildman–Crippen LogP) is 1.22. The van der Waals surface area contributed by atoms with Gasteiger partial charge < -0.3 is 20.2 Å². The molecule has 6 heteroatoms. The standard InChI is InChI=1S/C15H27N3O3/c1-11(14(19)20)5-7-16-15(21)18-9-6-13-12(10-18)4-3-8-17(13)2/h11-13H,3-10H2,1-2H3,(H,16,21)(H,19,20). The van der Waals surface area contributed by atoms with Gasteiger partial charge in [0.15, 0.2) is 0 Å². The van der Waals surface area contributed by atoms with Gasteiger partial charge in [-0.05, 0) is 45.2 Å². The molecule has 2 amide bonds. The Kier molecular flexibility index (Phi) is 5.45. The SMILES string of the molecule is CC(CCNC(=O)N1CCC2C(CCCN2C)C1)C(=O)O. The van der Waals surface area contributed by atoms with E-state index in [-0.39, 0.29) is 6.03 Å². The second-order valence-corrected chi connectivity index (χ2v) is 6.44. The number of piperidine rings is 2. The molecule has 2 aliphatic rings. The zero-order chi connectivity index (χ0) is 15.4. The molecule has 0 aromatic heterocycles. The zero-order valence-corrected chi connectivity index (χ0v) is 13.0. The minimum Gasteiger partial charge on any atom is -0.481 e. The lowest BCUT2D eigenvalue weighted by atomic mass is 9.84. The Hall–Kier alpha value is -1.30. The molecule has 0 aromatic rings. The molecule has 0 spiro atoms. The minimum absolute atomic E-state index is 0.0423. The molecule has 2 fully saturated rings. The van der Waals surface area contributed by atoms with Crippen LogP contribution in [0.5, 0.6) is 0 Å². The summed E-state index contributed by atoms with van der Waals surface area (Å²) in [5.41, 5.74) is 0. The number of rotatable bonds is 4. The number of likely N-dealkylation sites (tertiary alicyclic amines) is 2. The molecule has 2 aliphatic heterocycles. The van der Waals surface area contributed by atoms with Gasteiger partial charge in [-0.25, -0.2) is 4.79 Å². The Morgan fingerprint density at radius 2 is 2.10 bits per heavy atom. The smallest absolute Gasteiger partial charge is 0.317 e. The molecule has 2 heterocycles. The molecule has 6 nitrogen and oxygen atoms in total. The number of fused-ring (bicyclic) bond motifs is 1. The van der Waals surface area contributed by atoms with E-state index in [1.54, 1.807) is 6.92 Å². The Morgan fingerprint density at radius 1 is 1.33 bits per heavy atom. The van der Waals surface area contributed by atoms with E-state index in [0.29, 0.717) is 24.9 Å². The van der Waals surface area contributed by atoms with E-state index in [1.807, 2.05) is 4.90 Å². The number of aliphatic carboxylic acids is 1. The first kappa shape index (κ1) is 16.1. The summed E-state index contributed by atoms with van der Waals surface area (Å²) >= 11 is 0. The van der Waals surface area contributed by atoms with E-state index in [4.69, 9.17) is 5.11 Å². The van der Waals surface area contributed by atoms with Crippen molar-refractivity contribution in [2.75, 3.05) is 33.2 Å². The van der Waals surface area contributed by atoms with Crippen LogP contribution in [-0.2, 0) is 4.79 Å². The number of carboxylic acids is 1. The van der Waals surface area contributed by atoms with Crippen LogP contribution in [0.2, 0.25) is 0 Å². The Labute approximate surface area is 126 Å². The van der Waals surface area contributed by atoms with E-state index < -0.39 is 11.9 Å². The number of hydrogen-bond acceptors (Lipinski definition) is 3. The first-order valence-electron chi connectivity index (χ1n) is 7.95. The first-order valence-corrected chi connectivity index (χ1v) is 7.95. The van der Waals surface area contributed by atoms with Crippen LogP contribution in [0.1, 0.15) is 32.6 Å². The molecule has 2 saturated heterocycles. The van der Waals surface area contributed by atoms with Crippen molar-refractivity contribution in [2.45, 2.75) is 38.6 Å². The maximum atomic E-state index is 12.2. The molecule has 2 rings (SSSR count). The predicted molar refractivity (Wildman–Crippen MR) is 80.1 cm³/mol. The average Bonchev–Trinajstić information content (AvgIpc) is 2.46. The highest BCUT2D eigenvalue weighted by atomic mass is 16.4. The third-order valence-corrected chi connectivity index (χ3v) is 4.91. The first-order chi connectivity index (χ1) is 9.99. The van der Waals surface area contributed by atoms with Crippen LogP contribution in [0.15, 0.2) is 0 Å². The fourth-order valence-corrected chi connectivity index (χ4v) is 3.47. The molecule has 0 aromatic carbocycles. The van der Waals surface area contributed by atoms with Gasteiger partial charge in [0.05, 0.1) is 5.92 Å². The molecular weight excluding hydrogens is 270 g/mol. The minimum atomic E-state index is -0.810. The Bertz CT molecular complexity index is 388. The van der Waals surface area contributed by atoms with E-state index in [0.717, 1.165) is 19.5 Å². The topological polar surface area (TPSA) is 72.9 Å². The second-order valence-electron chi connectivity index (χ2n) is 6.44. The van der Waals surface area contributed by atoms with Gasteiger partial charge in [0.25, 0.3) is 0 Å². The zero-order valence-electron chi connectivity index (χ0n) is 13.0. The molecule has 0 bridgehead atoms. The summed E-state index contributed by atoms with van der Waals surface area (Å²) in [7, 11) is 2.18. The Morgan fingerprint density at radius 3 is 2.81 bits per heavy atom. The van der Waals surface area contributed by atoms with Crippen LogP contribution in [0.25, 0.3) is 0 Å². The number of hydrogen-bond donors (Lipinski definition) is 2. The van der Waals surface area contributed by atoms with Gasteiger partial charge in [-0.1, -0.05) is 6.92 Å². The molecular formula is C15H27N3O3.